The zero-order chi connectivity index (χ0) is 20.4. The first kappa shape index (κ1) is 19.7. The van der Waals surface area contributed by atoms with Gasteiger partial charge in [0.1, 0.15) is 10.6 Å². The van der Waals surface area contributed by atoms with Crippen molar-refractivity contribution in [3.8, 4) is 11.5 Å². The lowest BCUT2D eigenvalue weighted by atomic mass is 10.1. The molecular weight excluding hydrogens is 406 g/mol. The Morgan fingerprint density at radius 2 is 1.83 bits per heavy atom. The Balaban J connectivity index is 1.66. The molecule has 29 heavy (non-hydrogen) atoms. The predicted molar refractivity (Wildman–Crippen MR) is 116 cm³/mol. The number of hydrogen-bond acceptors (Lipinski definition) is 5. The van der Waals surface area contributed by atoms with Crippen molar-refractivity contribution in [3.05, 3.63) is 71.0 Å². The quantitative estimate of drug-likeness (QED) is 0.590. The van der Waals surface area contributed by atoms with Gasteiger partial charge in [0.2, 0.25) is 0 Å². The zero-order valence-electron chi connectivity index (χ0n) is 15.9. The normalized spacial score (nSPS) is 15.5. The van der Waals surface area contributed by atoms with Crippen molar-refractivity contribution in [1.29, 1.82) is 0 Å². The van der Waals surface area contributed by atoms with Crippen molar-refractivity contribution in [3.63, 3.8) is 0 Å². The lowest BCUT2D eigenvalue weighted by Gasteiger charge is -2.14. The number of para-hydroxylation sites is 1. The first-order valence-electron chi connectivity index (χ1n) is 9.34. The standard InChI is InChI=1S/C22H21NO4S2/c1-29(25,26)14-13-18(15-11-12-15)23-22(24)21-20(27-16-7-3-2-4-8-16)17-9-5-6-10-19(17)28-21/h2-10,13-15,18H,11-12H2,1H3,(H,23,24)/b14-13+/t18-/m1/s1. The topological polar surface area (TPSA) is 72.5 Å². The molecule has 0 spiro atoms. The Kier molecular flexibility index (Phi) is 5.43. The Labute approximate surface area is 173 Å². The summed E-state index contributed by atoms with van der Waals surface area (Å²) in [6, 6.07) is 16.8. The van der Waals surface area contributed by atoms with E-state index in [1.807, 2.05) is 54.6 Å². The number of sulfone groups is 1. The number of thiophene rings is 1. The molecule has 4 rings (SSSR count). The van der Waals surface area contributed by atoms with Crippen molar-refractivity contribution < 1.29 is 17.9 Å². The van der Waals surface area contributed by atoms with Crippen molar-refractivity contribution in [1.82, 2.24) is 5.32 Å². The van der Waals surface area contributed by atoms with Crippen LogP contribution in [-0.4, -0.2) is 26.6 Å². The van der Waals surface area contributed by atoms with Gasteiger partial charge < -0.3 is 10.1 Å². The van der Waals surface area contributed by atoms with Gasteiger partial charge in [-0.25, -0.2) is 8.42 Å². The smallest absolute Gasteiger partial charge is 0.265 e. The van der Waals surface area contributed by atoms with Crippen molar-refractivity contribution in [2.24, 2.45) is 5.92 Å². The molecule has 1 aliphatic carbocycles. The average molecular weight is 428 g/mol. The summed E-state index contributed by atoms with van der Waals surface area (Å²) < 4.78 is 30.0. The van der Waals surface area contributed by atoms with Gasteiger partial charge in [0.15, 0.2) is 15.6 Å². The number of carbonyl (C=O) groups excluding carboxylic acids is 1. The summed E-state index contributed by atoms with van der Waals surface area (Å²) in [4.78, 5) is 13.6. The molecule has 1 fully saturated rings. The number of benzene rings is 2. The largest absolute Gasteiger partial charge is 0.455 e. The minimum atomic E-state index is -3.25. The van der Waals surface area contributed by atoms with Crippen LogP contribution >= 0.6 is 11.3 Å². The molecule has 2 aromatic carbocycles. The highest BCUT2D eigenvalue weighted by atomic mass is 32.2. The van der Waals surface area contributed by atoms with Crippen LogP contribution < -0.4 is 10.1 Å². The molecular formula is C22H21NO4S2. The lowest BCUT2D eigenvalue weighted by molar-refractivity contribution is 0.0943. The Bertz CT molecular complexity index is 1160. The lowest BCUT2D eigenvalue weighted by Crippen LogP contribution is -2.34. The maximum atomic E-state index is 13.1. The number of fused-ring (bicyclic) bond motifs is 1. The van der Waals surface area contributed by atoms with Gasteiger partial charge in [0, 0.05) is 21.7 Å². The number of amides is 1. The molecule has 7 heteroatoms. The SMILES string of the molecule is CS(=O)(=O)/C=C/[C@@H](NC(=O)c1sc2ccccc2c1Oc1ccccc1)C1CC1. The molecule has 0 aliphatic heterocycles. The zero-order valence-corrected chi connectivity index (χ0v) is 17.5. The van der Waals surface area contributed by atoms with Gasteiger partial charge in [-0.1, -0.05) is 36.4 Å². The molecule has 3 aromatic rings. The highest BCUT2D eigenvalue weighted by Gasteiger charge is 2.32. The summed E-state index contributed by atoms with van der Waals surface area (Å²) in [5, 5.41) is 5.04. The predicted octanol–water partition coefficient (Wildman–Crippen LogP) is 4.76. The van der Waals surface area contributed by atoms with Crippen LogP contribution in [0.3, 0.4) is 0 Å². The molecule has 0 unspecified atom stereocenters. The van der Waals surface area contributed by atoms with Gasteiger partial charge in [-0.3, -0.25) is 4.79 Å². The summed E-state index contributed by atoms with van der Waals surface area (Å²) in [7, 11) is -3.25. The van der Waals surface area contributed by atoms with Crippen LogP contribution in [0.5, 0.6) is 11.5 Å². The molecule has 1 aromatic heterocycles. The summed E-state index contributed by atoms with van der Waals surface area (Å²) in [5.74, 6) is 1.19. The first-order chi connectivity index (χ1) is 13.9. The summed E-state index contributed by atoms with van der Waals surface area (Å²) >= 11 is 1.37. The van der Waals surface area contributed by atoms with Crippen LogP contribution in [-0.2, 0) is 9.84 Å². The molecule has 1 amide bonds. The molecule has 0 radical (unpaired) electrons. The van der Waals surface area contributed by atoms with E-state index < -0.39 is 9.84 Å². The Morgan fingerprint density at radius 3 is 2.52 bits per heavy atom. The van der Waals surface area contributed by atoms with E-state index >= 15 is 0 Å². The number of carbonyl (C=O) groups is 1. The summed E-state index contributed by atoms with van der Waals surface area (Å²) in [5.41, 5.74) is 0. The van der Waals surface area contributed by atoms with Gasteiger partial charge in [-0.15, -0.1) is 11.3 Å². The van der Waals surface area contributed by atoms with E-state index in [9.17, 15) is 13.2 Å². The van der Waals surface area contributed by atoms with Crippen LogP contribution in [0.15, 0.2) is 66.1 Å². The van der Waals surface area contributed by atoms with E-state index in [1.54, 1.807) is 6.08 Å². The maximum absolute atomic E-state index is 13.1. The minimum Gasteiger partial charge on any atom is -0.455 e. The van der Waals surface area contributed by atoms with Crippen LogP contribution in [0, 0.1) is 5.92 Å². The molecule has 1 aliphatic rings. The third-order valence-corrected chi connectivity index (χ3v) is 6.48. The molecule has 5 nitrogen and oxygen atoms in total. The second-order valence-electron chi connectivity index (χ2n) is 7.17. The van der Waals surface area contributed by atoms with Gasteiger partial charge in [0.05, 0.1) is 6.04 Å². The molecule has 1 saturated carbocycles. The molecule has 1 N–H and O–H groups in total. The van der Waals surface area contributed by atoms with Crippen LogP contribution in [0.25, 0.3) is 10.1 Å². The molecule has 0 bridgehead atoms. The Hall–Kier alpha value is -2.64. The fourth-order valence-corrected chi connectivity index (χ4v) is 4.59. The van der Waals surface area contributed by atoms with Crippen LogP contribution in [0.1, 0.15) is 22.5 Å². The van der Waals surface area contributed by atoms with Crippen molar-refractivity contribution >= 4 is 37.2 Å². The van der Waals surface area contributed by atoms with Gasteiger partial charge in [0.25, 0.3) is 5.91 Å². The van der Waals surface area contributed by atoms with Gasteiger partial charge in [-0.05, 0) is 43.0 Å². The highest BCUT2D eigenvalue weighted by molar-refractivity contribution is 7.93. The van der Waals surface area contributed by atoms with Crippen LogP contribution in [0.4, 0.5) is 0 Å². The minimum absolute atomic E-state index is 0.257. The van der Waals surface area contributed by atoms with Crippen molar-refractivity contribution in [2.75, 3.05) is 6.26 Å². The van der Waals surface area contributed by atoms with E-state index in [1.165, 1.54) is 16.7 Å². The Morgan fingerprint density at radius 1 is 1.14 bits per heavy atom. The summed E-state index contributed by atoms with van der Waals surface area (Å²) in [6.45, 7) is 0. The monoisotopic (exact) mass is 427 g/mol. The third kappa shape index (κ3) is 4.86. The molecule has 1 heterocycles. The second-order valence-corrected chi connectivity index (χ2v) is 10.1. The van der Waals surface area contributed by atoms with E-state index in [2.05, 4.69) is 5.32 Å². The van der Waals surface area contributed by atoms with Crippen LogP contribution in [0.2, 0.25) is 0 Å². The highest BCUT2D eigenvalue weighted by Crippen LogP contribution is 2.41. The van der Waals surface area contributed by atoms with Crippen molar-refractivity contribution in [2.45, 2.75) is 18.9 Å². The van der Waals surface area contributed by atoms with E-state index in [4.69, 9.17) is 4.74 Å². The third-order valence-electron chi connectivity index (χ3n) is 4.68. The maximum Gasteiger partial charge on any atom is 0.265 e. The van der Waals surface area contributed by atoms with E-state index in [-0.39, 0.29) is 17.9 Å². The van der Waals surface area contributed by atoms with E-state index in [0.29, 0.717) is 16.4 Å². The average Bonchev–Trinajstić information content (AvgIpc) is 3.47. The number of rotatable bonds is 7. The molecule has 0 saturated heterocycles. The van der Waals surface area contributed by atoms with Gasteiger partial charge in [-0.2, -0.15) is 0 Å². The second kappa shape index (κ2) is 8.00. The molecule has 150 valence electrons. The number of nitrogens with one attached hydrogen (secondary N) is 1. The number of ether oxygens (including phenoxy) is 1. The fraction of sp³-hybridized carbons (Fsp3) is 0.227. The first-order valence-corrected chi connectivity index (χ1v) is 12.1. The summed E-state index contributed by atoms with van der Waals surface area (Å²) in [6.07, 6.45) is 4.67. The van der Waals surface area contributed by atoms with Gasteiger partial charge >= 0.3 is 0 Å². The van der Waals surface area contributed by atoms with E-state index in [0.717, 1.165) is 29.2 Å². The fourth-order valence-electron chi connectivity index (χ4n) is 3.10. The number of hydrogen-bond donors (Lipinski definition) is 1. The molecule has 1 atom stereocenters.